The molecule has 0 unspecified atom stereocenters. The van der Waals surface area contributed by atoms with E-state index in [1.165, 1.54) is 23.9 Å². The van der Waals surface area contributed by atoms with Gasteiger partial charge in [0.1, 0.15) is 12.1 Å². The zero-order valence-corrected chi connectivity index (χ0v) is 15.1. The van der Waals surface area contributed by atoms with Crippen molar-refractivity contribution >= 4 is 17.7 Å². The van der Waals surface area contributed by atoms with Crippen LogP contribution < -0.4 is 10.1 Å². The van der Waals surface area contributed by atoms with Gasteiger partial charge in [-0.2, -0.15) is 13.2 Å². The van der Waals surface area contributed by atoms with Crippen molar-refractivity contribution in [3.05, 3.63) is 36.2 Å². The molecule has 1 heterocycles. The number of rotatable bonds is 8. The molecule has 26 heavy (non-hydrogen) atoms. The van der Waals surface area contributed by atoms with E-state index in [9.17, 15) is 18.0 Å². The number of nitrogens with one attached hydrogen (secondary N) is 1. The van der Waals surface area contributed by atoms with Crippen LogP contribution in [0.15, 0.2) is 35.7 Å². The lowest BCUT2D eigenvalue weighted by molar-refractivity contribution is -0.153. The molecule has 1 N–H and O–H groups in total. The van der Waals surface area contributed by atoms with Crippen molar-refractivity contribution < 1.29 is 22.7 Å². The van der Waals surface area contributed by atoms with Crippen molar-refractivity contribution in [1.82, 2.24) is 20.1 Å². The van der Waals surface area contributed by atoms with E-state index >= 15 is 0 Å². The third kappa shape index (κ3) is 6.58. The van der Waals surface area contributed by atoms with E-state index in [-0.39, 0.29) is 30.0 Å². The predicted molar refractivity (Wildman–Crippen MR) is 91.0 cm³/mol. The number of hydrogen-bond donors (Lipinski definition) is 1. The molecule has 1 aromatic heterocycles. The van der Waals surface area contributed by atoms with E-state index in [4.69, 9.17) is 0 Å². The maximum atomic E-state index is 12.1. The molecule has 0 saturated heterocycles. The fourth-order valence-electron chi connectivity index (χ4n) is 1.94. The Labute approximate surface area is 153 Å². The van der Waals surface area contributed by atoms with E-state index in [0.717, 1.165) is 5.56 Å². The summed E-state index contributed by atoms with van der Waals surface area (Å²) in [7, 11) is 0. The topological polar surface area (TPSA) is 69.0 Å². The summed E-state index contributed by atoms with van der Waals surface area (Å²) in [5, 5.41) is 11.2. The number of thioether (sulfide) groups is 1. The molecule has 10 heteroatoms. The van der Waals surface area contributed by atoms with Crippen LogP contribution in [0.2, 0.25) is 0 Å². The number of hydrogen-bond acceptors (Lipinski definition) is 5. The number of nitrogens with zero attached hydrogens (tertiary/aromatic N) is 3. The molecule has 6 nitrogen and oxygen atoms in total. The first kappa shape index (κ1) is 20.1. The molecule has 2 rings (SSSR count). The molecule has 0 saturated carbocycles. The molecule has 0 aliphatic carbocycles. The Morgan fingerprint density at radius 1 is 1.31 bits per heavy atom. The molecular weight excluding hydrogens is 369 g/mol. The van der Waals surface area contributed by atoms with Crippen LogP contribution in [0.1, 0.15) is 25.5 Å². The first-order chi connectivity index (χ1) is 12.2. The fourth-order valence-corrected chi connectivity index (χ4v) is 2.81. The minimum absolute atomic E-state index is 0.126. The Hall–Kier alpha value is -2.23. The highest BCUT2D eigenvalue weighted by Gasteiger charge is 2.28. The fraction of sp³-hybridized carbons (Fsp3) is 0.438. The van der Waals surface area contributed by atoms with Gasteiger partial charge >= 0.3 is 6.18 Å². The molecule has 0 atom stereocenters. The summed E-state index contributed by atoms with van der Waals surface area (Å²) in [6.07, 6.45) is -2.75. The lowest BCUT2D eigenvalue weighted by Gasteiger charge is -2.10. The predicted octanol–water partition coefficient (Wildman–Crippen LogP) is 3.21. The van der Waals surface area contributed by atoms with Gasteiger partial charge < -0.3 is 14.6 Å². The highest BCUT2D eigenvalue weighted by molar-refractivity contribution is 7.99. The quantitative estimate of drug-likeness (QED) is 0.704. The highest BCUT2D eigenvalue weighted by atomic mass is 32.2. The Morgan fingerprint density at radius 3 is 2.62 bits per heavy atom. The summed E-state index contributed by atoms with van der Waals surface area (Å²) in [4.78, 5) is 11.9. The number of benzene rings is 1. The Kier molecular flexibility index (Phi) is 6.90. The molecule has 0 aliphatic heterocycles. The summed E-state index contributed by atoms with van der Waals surface area (Å²) in [5.74, 6) is 0.143. The first-order valence-electron chi connectivity index (χ1n) is 7.82. The maximum absolute atomic E-state index is 12.1. The molecule has 0 radical (unpaired) electrons. The summed E-state index contributed by atoms with van der Waals surface area (Å²) < 4.78 is 42.8. The Balaban J connectivity index is 1.76. The molecule has 0 spiro atoms. The lowest BCUT2D eigenvalue weighted by Crippen LogP contribution is -2.24. The third-order valence-corrected chi connectivity index (χ3v) is 4.20. The molecule has 0 fully saturated rings. The molecule has 0 aliphatic rings. The van der Waals surface area contributed by atoms with E-state index in [0.29, 0.717) is 5.16 Å². The number of carbonyl (C=O) groups excluding carboxylic acids is 1. The summed E-state index contributed by atoms with van der Waals surface area (Å²) in [5.41, 5.74) is 0.757. The summed E-state index contributed by atoms with van der Waals surface area (Å²) >= 11 is 1.29. The van der Waals surface area contributed by atoms with Gasteiger partial charge in [-0.1, -0.05) is 23.9 Å². The average Bonchev–Trinajstić information content (AvgIpc) is 3.05. The van der Waals surface area contributed by atoms with Gasteiger partial charge in [0.2, 0.25) is 5.91 Å². The first-order valence-corrected chi connectivity index (χ1v) is 8.80. The summed E-state index contributed by atoms with van der Waals surface area (Å²) in [6, 6.07) is 6.29. The number of aromatic nitrogens is 3. The van der Waals surface area contributed by atoms with Crippen LogP contribution in [0.3, 0.4) is 0 Å². The van der Waals surface area contributed by atoms with Crippen molar-refractivity contribution in [2.24, 2.45) is 0 Å². The molecule has 1 aromatic carbocycles. The minimum atomic E-state index is -4.37. The molecule has 142 valence electrons. The number of carbonyl (C=O) groups is 1. The number of amides is 1. The highest BCUT2D eigenvalue weighted by Crippen LogP contribution is 2.20. The SMILES string of the molecule is CC(C)n1cnnc1SCC(=O)NCc1ccc(OCC(F)(F)F)cc1. The number of halogens is 3. The number of ether oxygens (including phenoxy) is 1. The van der Waals surface area contributed by atoms with Crippen molar-refractivity contribution in [2.45, 2.75) is 37.8 Å². The average molecular weight is 388 g/mol. The van der Waals surface area contributed by atoms with Gasteiger partial charge in [-0.3, -0.25) is 4.79 Å². The van der Waals surface area contributed by atoms with Gasteiger partial charge in [-0.15, -0.1) is 10.2 Å². The van der Waals surface area contributed by atoms with Gasteiger partial charge in [-0.05, 0) is 31.5 Å². The Morgan fingerprint density at radius 2 is 2.00 bits per heavy atom. The minimum Gasteiger partial charge on any atom is -0.484 e. The number of alkyl halides is 3. The second kappa shape index (κ2) is 8.93. The maximum Gasteiger partial charge on any atom is 0.422 e. The smallest absolute Gasteiger partial charge is 0.422 e. The standard InChI is InChI=1S/C16H19F3N4O2S/c1-11(2)23-10-21-22-15(23)26-8-14(24)20-7-12-3-5-13(6-4-12)25-9-16(17,18)19/h3-6,10-11H,7-9H2,1-2H3,(H,20,24). The normalized spacial score (nSPS) is 11.6. The van der Waals surface area contributed by atoms with Crippen LogP contribution in [-0.4, -0.2) is 39.2 Å². The van der Waals surface area contributed by atoms with Gasteiger partial charge in [-0.25, -0.2) is 0 Å². The molecule has 2 aromatic rings. The van der Waals surface area contributed by atoms with Crippen LogP contribution in [0.5, 0.6) is 5.75 Å². The van der Waals surface area contributed by atoms with Gasteiger partial charge in [0.15, 0.2) is 11.8 Å². The van der Waals surface area contributed by atoms with E-state index in [1.807, 2.05) is 18.4 Å². The van der Waals surface area contributed by atoms with Gasteiger partial charge in [0.05, 0.1) is 5.75 Å². The van der Waals surface area contributed by atoms with Gasteiger partial charge in [0.25, 0.3) is 0 Å². The van der Waals surface area contributed by atoms with Crippen LogP contribution >= 0.6 is 11.8 Å². The van der Waals surface area contributed by atoms with Gasteiger partial charge in [0, 0.05) is 12.6 Å². The van der Waals surface area contributed by atoms with E-state index in [2.05, 4.69) is 20.3 Å². The van der Waals surface area contributed by atoms with Crippen molar-refractivity contribution in [1.29, 1.82) is 0 Å². The summed E-state index contributed by atoms with van der Waals surface area (Å²) in [6.45, 7) is 2.93. The third-order valence-electron chi connectivity index (χ3n) is 3.24. The van der Waals surface area contributed by atoms with Crippen LogP contribution in [0.4, 0.5) is 13.2 Å². The molecule has 1 amide bonds. The lowest BCUT2D eigenvalue weighted by atomic mass is 10.2. The van der Waals surface area contributed by atoms with Crippen molar-refractivity contribution in [3.8, 4) is 5.75 Å². The zero-order valence-electron chi connectivity index (χ0n) is 14.3. The largest absolute Gasteiger partial charge is 0.484 e. The van der Waals surface area contributed by atoms with Crippen molar-refractivity contribution in [2.75, 3.05) is 12.4 Å². The van der Waals surface area contributed by atoms with Crippen LogP contribution in [0, 0.1) is 0 Å². The second-order valence-electron chi connectivity index (χ2n) is 5.73. The monoisotopic (exact) mass is 388 g/mol. The Bertz CT molecular complexity index is 717. The molecular formula is C16H19F3N4O2S. The molecule has 0 bridgehead atoms. The second-order valence-corrected chi connectivity index (χ2v) is 6.67. The van der Waals surface area contributed by atoms with E-state index < -0.39 is 12.8 Å². The van der Waals surface area contributed by atoms with Crippen LogP contribution in [0.25, 0.3) is 0 Å². The van der Waals surface area contributed by atoms with E-state index in [1.54, 1.807) is 18.5 Å². The van der Waals surface area contributed by atoms with Crippen LogP contribution in [-0.2, 0) is 11.3 Å². The van der Waals surface area contributed by atoms with Crippen molar-refractivity contribution in [3.63, 3.8) is 0 Å². The zero-order chi connectivity index (χ0) is 19.2.